The number of nitrogens with zero attached hydrogens (tertiary/aromatic N) is 1. The number of carboxylic acid groups (broad SMARTS) is 1. The van der Waals surface area contributed by atoms with Crippen molar-refractivity contribution in [3.8, 4) is 5.75 Å². The molecule has 0 saturated heterocycles. The molecule has 1 aromatic rings. The van der Waals surface area contributed by atoms with E-state index in [0.717, 1.165) is 12.8 Å². The molecule has 1 aromatic carbocycles. The first-order chi connectivity index (χ1) is 10.5. The van der Waals surface area contributed by atoms with Crippen LogP contribution in [0, 0.1) is 5.82 Å². The maximum atomic E-state index is 12.7. The molecule has 0 spiro atoms. The van der Waals surface area contributed by atoms with E-state index in [2.05, 4.69) is 5.32 Å². The number of unbranched alkanes of at least 4 members (excludes halogenated alkanes) is 1. The Labute approximate surface area is 128 Å². The van der Waals surface area contributed by atoms with E-state index in [-0.39, 0.29) is 24.8 Å². The number of carbonyl (C=O) groups is 2. The largest absolute Gasteiger partial charge is 0.494 e. The molecule has 0 radical (unpaired) electrons. The zero-order valence-electron chi connectivity index (χ0n) is 12.5. The molecule has 0 unspecified atom stereocenters. The fourth-order valence-electron chi connectivity index (χ4n) is 1.64. The first-order valence-electron chi connectivity index (χ1n) is 7.08. The molecule has 0 atom stereocenters. The number of nitrogens with one attached hydrogen (secondary N) is 1. The summed E-state index contributed by atoms with van der Waals surface area (Å²) < 4.78 is 18.1. The molecule has 0 aromatic heterocycles. The third-order valence-electron chi connectivity index (χ3n) is 2.94. The molecule has 122 valence electrons. The van der Waals surface area contributed by atoms with Crippen molar-refractivity contribution in [3.05, 3.63) is 30.1 Å². The summed E-state index contributed by atoms with van der Waals surface area (Å²) in [5.74, 6) is -0.626. The number of carboxylic acids is 1. The van der Waals surface area contributed by atoms with E-state index < -0.39 is 5.97 Å². The lowest BCUT2D eigenvalue weighted by atomic mass is 10.3. The summed E-state index contributed by atoms with van der Waals surface area (Å²) in [7, 11) is 1.55. The van der Waals surface area contributed by atoms with Crippen molar-refractivity contribution in [1.29, 1.82) is 0 Å². The van der Waals surface area contributed by atoms with Crippen LogP contribution in [0.4, 0.5) is 9.18 Å². The summed E-state index contributed by atoms with van der Waals surface area (Å²) in [6.45, 7) is 1.15. The predicted molar refractivity (Wildman–Crippen MR) is 79.4 cm³/mol. The Balaban J connectivity index is 2.06. The standard InChI is InChI=1S/C15H21FN2O4/c1-18(10-8-14(19)20)15(21)17-9-2-3-11-22-13-6-4-12(16)5-7-13/h4-7H,2-3,8-11H2,1H3,(H,17,21)(H,19,20). The highest BCUT2D eigenvalue weighted by atomic mass is 19.1. The number of carbonyl (C=O) groups excluding carboxylic acids is 1. The van der Waals surface area contributed by atoms with Crippen LogP contribution in [0.3, 0.4) is 0 Å². The predicted octanol–water partition coefficient (Wildman–Crippen LogP) is 2.10. The van der Waals surface area contributed by atoms with Crippen molar-refractivity contribution in [2.75, 3.05) is 26.7 Å². The van der Waals surface area contributed by atoms with Gasteiger partial charge in [0.2, 0.25) is 0 Å². The van der Waals surface area contributed by atoms with E-state index in [4.69, 9.17) is 9.84 Å². The number of hydrogen-bond acceptors (Lipinski definition) is 3. The highest BCUT2D eigenvalue weighted by Crippen LogP contribution is 2.11. The van der Waals surface area contributed by atoms with E-state index in [1.54, 1.807) is 19.2 Å². The summed E-state index contributed by atoms with van der Waals surface area (Å²) >= 11 is 0. The van der Waals surface area contributed by atoms with Gasteiger partial charge < -0.3 is 20.1 Å². The molecular weight excluding hydrogens is 291 g/mol. The Morgan fingerprint density at radius 3 is 2.59 bits per heavy atom. The lowest BCUT2D eigenvalue weighted by Gasteiger charge is -2.16. The SMILES string of the molecule is CN(CCC(=O)O)C(=O)NCCCCOc1ccc(F)cc1. The first kappa shape index (κ1) is 17.7. The summed E-state index contributed by atoms with van der Waals surface area (Å²) in [5.41, 5.74) is 0. The average molecular weight is 312 g/mol. The number of amides is 2. The molecule has 6 nitrogen and oxygen atoms in total. The second kappa shape index (κ2) is 9.59. The molecular formula is C15H21FN2O4. The maximum absolute atomic E-state index is 12.7. The van der Waals surface area contributed by atoms with Gasteiger partial charge in [-0.3, -0.25) is 4.79 Å². The number of aliphatic carboxylic acids is 1. The van der Waals surface area contributed by atoms with Crippen LogP contribution < -0.4 is 10.1 Å². The molecule has 0 bridgehead atoms. The summed E-state index contributed by atoms with van der Waals surface area (Å²) in [6, 6.07) is 5.51. The van der Waals surface area contributed by atoms with Gasteiger partial charge in [-0.2, -0.15) is 0 Å². The lowest BCUT2D eigenvalue weighted by Crippen LogP contribution is -2.38. The summed E-state index contributed by atoms with van der Waals surface area (Å²) in [5, 5.41) is 11.2. The average Bonchev–Trinajstić information content (AvgIpc) is 2.49. The van der Waals surface area contributed by atoms with Crippen molar-refractivity contribution >= 4 is 12.0 Å². The van der Waals surface area contributed by atoms with Gasteiger partial charge in [0.15, 0.2) is 0 Å². The number of hydrogen-bond donors (Lipinski definition) is 2. The first-order valence-corrected chi connectivity index (χ1v) is 7.08. The molecule has 2 N–H and O–H groups in total. The smallest absolute Gasteiger partial charge is 0.317 e. The molecule has 0 aliphatic carbocycles. The highest BCUT2D eigenvalue weighted by Gasteiger charge is 2.08. The topological polar surface area (TPSA) is 78.9 Å². The molecule has 2 amide bonds. The second-order valence-corrected chi connectivity index (χ2v) is 4.81. The van der Waals surface area contributed by atoms with Crippen molar-refractivity contribution in [1.82, 2.24) is 10.2 Å². The van der Waals surface area contributed by atoms with Crippen molar-refractivity contribution < 1.29 is 23.8 Å². The molecule has 0 aliphatic rings. The molecule has 0 heterocycles. The summed E-state index contributed by atoms with van der Waals surface area (Å²) in [6.07, 6.45) is 1.41. The fourth-order valence-corrected chi connectivity index (χ4v) is 1.64. The van der Waals surface area contributed by atoms with Gasteiger partial charge in [0.25, 0.3) is 0 Å². The summed E-state index contributed by atoms with van der Waals surface area (Å²) in [4.78, 5) is 23.3. The normalized spacial score (nSPS) is 10.1. The minimum absolute atomic E-state index is 0.0740. The number of rotatable bonds is 9. The Hall–Kier alpha value is -2.31. The van der Waals surface area contributed by atoms with Gasteiger partial charge in [0, 0.05) is 20.1 Å². The van der Waals surface area contributed by atoms with Crippen molar-refractivity contribution in [2.24, 2.45) is 0 Å². The van der Waals surface area contributed by atoms with Gasteiger partial charge >= 0.3 is 12.0 Å². The third-order valence-corrected chi connectivity index (χ3v) is 2.94. The van der Waals surface area contributed by atoms with Gasteiger partial charge in [-0.1, -0.05) is 0 Å². The number of halogens is 1. The van der Waals surface area contributed by atoms with E-state index >= 15 is 0 Å². The molecule has 7 heteroatoms. The number of ether oxygens (including phenoxy) is 1. The monoisotopic (exact) mass is 312 g/mol. The Morgan fingerprint density at radius 1 is 1.27 bits per heavy atom. The van der Waals surface area contributed by atoms with Gasteiger partial charge in [0.05, 0.1) is 13.0 Å². The van der Waals surface area contributed by atoms with Crippen LogP contribution in [0.15, 0.2) is 24.3 Å². The quantitative estimate of drug-likeness (QED) is 0.684. The maximum Gasteiger partial charge on any atom is 0.317 e. The Morgan fingerprint density at radius 2 is 1.95 bits per heavy atom. The van der Waals surface area contributed by atoms with Crippen LogP contribution in [-0.4, -0.2) is 48.8 Å². The van der Waals surface area contributed by atoms with E-state index in [1.165, 1.54) is 17.0 Å². The van der Waals surface area contributed by atoms with E-state index in [0.29, 0.717) is 18.9 Å². The van der Waals surface area contributed by atoms with Crippen LogP contribution in [0.1, 0.15) is 19.3 Å². The van der Waals surface area contributed by atoms with E-state index in [1.807, 2.05) is 0 Å². The van der Waals surface area contributed by atoms with Crippen LogP contribution >= 0.6 is 0 Å². The van der Waals surface area contributed by atoms with Gasteiger partial charge in [0.1, 0.15) is 11.6 Å². The zero-order chi connectivity index (χ0) is 16.4. The minimum Gasteiger partial charge on any atom is -0.494 e. The van der Waals surface area contributed by atoms with Gasteiger partial charge in [-0.25, -0.2) is 9.18 Å². The van der Waals surface area contributed by atoms with Crippen molar-refractivity contribution in [3.63, 3.8) is 0 Å². The zero-order valence-corrected chi connectivity index (χ0v) is 12.5. The molecule has 0 fully saturated rings. The molecule has 0 aliphatic heterocycles. The minimum atomic E-state index is -0.933. The lowest BCUT2D eigenvalue weighted by molar-refractivity contribution is -0.137. The van der Waals surface area contributed by atoms with Crippen LogP contribution in [0.25, 0.3) is 0 Å². The number of benzene rings is 1. The fraction of sp³-hybridized carbons (Fsp3) is 0.467. The molecule has 0 saturated carbocycles. The third kappa shape index (κ3) is 7.47. The van der Waals surface area contributed by atoms with Crippen LogP contribution in [0.5, 0.6) is 5.75 Å². The second-order valence-electron chi connectivity index (χ2n) is 4.81. The molecule has 1 rings (SSSR count). The van der Waals surface area contributed by atoms with Crippen molar-refractivity contribution in [2.45, 2.75) is 19.3 Å². The van der Waals surface area contributed by atoms with Crippen LogP contribution in [0.2, 0.25) is 0 Å². The van der Waals surface area contributed by atoms with E-state index in [9.17, 15) is 14.0 Å². The van der Waals surface area contributed by atoms with Crippen LogP contribution in [-0.2, 0) is 4.79 Å². The number of urea groups is 1. The Kier molecular flexibility index (Phi) is 7.74. The van der Waals surface area contributed by atoms with Gasteiger partial charge in [-0.05, 0) is 37.1 Å². The van der Waals surface area contributed by atoms with Gasteiger partial charge in [-0.15, -0.1) is 0 Å². The highest BCUT2D eigenvalue weighted by molar-refractivity contribution is 5.74. The molecule has 22 heavy (non-hydrogen) atoms. The Bertz CT molecular complexity index is 479.